The van der Waals surface area contributed by atoms with Gasteiger partial charge in [-0.25, -0.2) is 4.79 Å². The number of hydrogen-bond acceptors (Lipinski definition) is 4. The zero-order valence-electron chi connectivity index (χ0n) is 17.5. The number of likely N-dealkylation sites (N-methyl/N-ethyl adjacent to an activating group) is 1. The van der Waals surface area contributed by atoms with Gasteiger partial charge in [-0.15, -0.1) is 11.3 Å². The molecule has 3 aromatic rings. The average molecular weight is 435 g/mol. The van der Waals surface area contributed by atoms with Crippen molar-refractivity contribution in [3.63, 3.8) is 0 Å². The van der Waals surface area contributed by atoms with Gasteiger partial charge in [-0.2, -0.15) is 0 Å². The number of nitrogens with one attached hydrogen (secondary N) is 3. The summed E-state index contributed by atoms with van der Waals surface area (Å²) in [5.74, 6) is 0. The summed E-state index contributed by atoms with van der Waals surface area (Å²) in [4.78, 5) is 27.3. The molecule has 0 saturated heterocycles. The van der Waals surface area contributed by atoms with Crippen molar-refractivity contribution in [2.75, 3.05) is 29.0 Å². The van der Waals surface area contributed by atoms with Crippen LogP contribution in [-0.2, 0) is 24.2 Å². The van der Waals surface area contributed by atoms with Gasteiger partial charge in [-0.05, 0) is 48.2 Å². The van der Waals surface area contributed by atoms with Crippen molar-refractivity contribution in [3.8, 4) is 0 Å². The minimum atomic E-state index is -0.323. The van der Waals surface area contributed by atoms with Gasteiger partial charge in [0, 0.05) is 23.7 Å². The predicted molar refractivity (Wildman–Crippen MR) is 127 cm³/mol. The molecule has 1 aromatic heterocycles. The lowest BCUT2D eigenvalue weighted by Gasteiger charge is -2.25. The maximum absolute atomic E-state index is 12.6. The molecule has 0 fully saturated rings. The van der Waals surface area contributed by atoms with E-state index < -0.39 is 0 Å². The number of benzene rings is 2. The first kappa shape index (κ1) is 21.1. The molecule has 0 unspecified atom stereocenters. The van der Waals surface area contributed by atoms with Crippen LogP contribution in [-0.4, -0.2) is 30.4 Å². The second kappa shape index (κ2) is 9.76. The molecule has 4 rings (SSSR count). The first-order valence-corrected chi connectivity index (χ1v) is 11.3. The van der Waals surface area contributed by atoms with Crippen molar-refractivity contribution in [2.45, 2.75) is 26.3 Å². The maximum atomic E-state index is 12.6. The largest absolute Gasteiger partial charge is 0.326 e. The summed E-state index contributed by atoms with van der Waals surface area (Å²) in [6, 6.07) is 17.8. The lowest BCUT2D eigenvalue weighted by Crippen LogP contribution is -2.29. The molecule has 0 radical (unpaired) electrons. The van der Waals surface area contributed by atoms with Crippen molar-refractivity contribution in [3.05, 3.63) is 76.2 Å². The molecule has 1 aliphatic rings. The smallest absolute Gasteiger partial charge is 0.324 e. The fourth-order valence-electron chi connectivity index (χ4n) is 3.83. The zero-order valence-corrected chi connectivity index (χ0v) is 18.3. The van der Waals surface area contributed by atoms with E-state index in [0.717, 1.165) is 49.4 Å². The molecule has 3 amide bonds. The van der Waals surface area contributed by atoms with Crippen molar-refractivity contribution in [1.82, 2.24) is 4.90 Å². The Morgan fingerprint density at radius 3 is 2.52 bits per heavy atom. The quantitative estimate of drug-likeness (QED) is 0.462. The molecule has 2 aromatic carbocycles. The van der Waals surface area contributed by atoms with Gasteiger partial charge in [-0.1, -0.05) is 49.4 Å². The van der Waals surface area contributed by atoms with E-state index in [2.05, 4.69) is 39.9 Å². The van der Waals surface area contributed by atoms with Gasteiger partial charge in [0.15, 0.2) is 0 Å². The molecule has 0 spiro atoms. The van der Waals surface area contributed by atoms with Crippen LogP contribution in [0.5, 0.6) is 0 Å². The Hall–Kier alpha value is -3.16. The molecule has 31 heavy (non-hydrogen) atoms. The summed E-state index contributed by atoms with van der Waals surface area (Å²) < 4.78 is 0. The van der Waals surface area contributed by atoms with E-state index in [1.165, 1.54) is 27.3 Å². The highest BCUT2D eigenvalue weighted by molar-refractivity contribution is 7.17. The Balaban J connectivity index is 1.41. The molecule has 7 heteroatoms. The Morgan fingerprint density at radius 2 is 1.81 bits per heavy atom. The number of anilines is 3. The van der Waals surface area contributed by atoms with Crippen molar-refractivity contribution >= 4 is 40.2 Å². The lowest BCUT2D eigenvalue weighted by atomic mass is 10.0. The number of fused-ring (bicyclic) bond motifs is 1. The standard InChI is InChI=1S/C24H26N4O2S/c1-2-28-13-12-20-21(15-28)31-23(22(20)25-16-29)27-24(30)26-19-10-8-18(9-11-19)14-17-6-4-3-5-7-17/h3-11,16H,2,12-15H2,1H3,(H,25,29)(H2,26,27,30). The third-order valence-electron chi connectivity index (χ3n) is 5.48. The molecule has 0 bridgehead atoms. The fourth-order valence-corrected chi connectivity index (χ4v) is 5.08. The Kier molecular flexibility index (Phi) is 6.64. The first-order chi connectivity index (χ1) is 15.2. The number of thiophene rings is 1. The molecule has 0 aliphatic carbocycles. The van der Waals surface area contributed by atoms with E-state index in [1.54, 1.807) is 0 Å². The van der Waals surface area contributed by atoms with Gasteiger partial charge in [0.2, 0.25) is 6.41 Å². The molecule has 3 N–H and O–H groups in total. The van der Waals surface area contributed by atoms with Gasteiger partial charge >= 0.3 is 6.03 Å². The monoisotopic (exact) mass is 434 g/mol. The number of rotatable bonds is 7. The number of carbonyl (C=O) groups excluding carboxylic acids is 2. The molecule has 0 atom stereocenters. The van der Waals surface area contributed by atoms with Crippen LogP contribution < -0.4 is 16.0 Å². The van der Waals surface area contributed by atoms with Crippen LogP contribution in [0.1, 0.15) is 28.5 Å². The number of amides is 3. The van der Waals surface area contributed by atoms with E-state index in [9.17, 15) is 9.59 Å². The van der Waals surface area contributed by atoms with E-state index >= 15 is 0 Å². The van der Waals surface area contributed by atoms with Crippen LogP contribution in [0.25, 0.3) is 0 Å². The summed E-state index contributed by atoms with van der Waals surface area (Å²) in [6.45, 7) is 4.92. The van der Waals surface area contributed by atoms with Crippen LogP contribution >= 0.6 is 11.3 Å². The molecular weight excluding hydrogens is 408 g/mol. The predicted octanol–water partition coefficient (Wildman–Crippen LogP) is 4.93. The van der Waals surface area contributed by atoms with Crippen molar-refractivity contribution in [1.29, 1.82) is 0 Å². The van der Waals surface area contributed by atoms with Gasteiger partial charge in [0.05, 0.1) is 5.69 Å². The summed E-state index contributed by atoms with van der Waals surface area (Å²) in [5.41, 5.74) is 5.00. The number of urea groups is 1. The lowest BCUT2D eigenvalue weighted by molar-refractivity contribution is -0.105. The zero-order chi connectivity index (χ0) is 21.6. The molecule has 1 aliphatic heterocycles. The van der Waals surface area contributed by atoms with Crippen LogP contribution in [0.3, 0.4) is 0 Å². The first-order valence-electron chi connectivity index (χ1n) is 10.4. The number of nitrogens with zero attached hydrogens (tertiary/aromatic N) is 1. The van der Waals surface area contributed by atoms with Crippen molar-refractivity contribution in [2.24, 2.45) is 0 Å². The summed E-state index contributed by atoms with van der Waals surface area (Å²) in [5, 5.41) is 9.26. The maximum Gasteiger partial charge on any atom is 0.324 e. The average Bonchev–Trinajstić information content (AvgIpc) is 3.12. The Bertz CT molecular complexity index is 1050. The topological polar surface area (TPSA) is 73.5 Å². The van der Waals surface area contributed by atoms with E-state index in [0.29, 0.717) is 11.4 Å². The highest BCUT2D eigenvalue weighted by Gasteiger charge is 2.24. The second-order valence-corrected chi connectivity index (χ2v) is 8.63. The molecule has 0 saturated carbocycles. The molecular formula is C24H26N4O2S. The van der Waals surface area contributed by atoms with E-state index in [-0.39, 0.29) is 6.03 Å². The molecule has 2 heterocycles. The van der Waals surface area contributed by atoms with E-state index in [4.69, 9.17) is 0 Å². The summed E-state index contributed by atoms with van der Waals surface area (Å²) >= 11 is 1.53. The number of hydrogen-bond donors (Lipinski definition) is 3. The molecule has 6 nitrogen and oxygen atoms in total. The highest BCUT2D eigenvalue weighted by atomic mass is 32.1. The van der Waals surface area contributed by atoms with Crippen molar-refractivity contribution < 1.29 is 9.59 Å². The van der Waals surface area contributed by atoms with Crippen LogP contribution in [0.4, 0.5) is 21.2 Å². The Labute approximate surface area is 186 Å². The molecule has 160 valence electrons. The van der Waals surface area contributed by atoms with Gasteiger partial charge in [0.25, 0.3) is 0 Å². The minimum Gasteiger partial charge on any atom is -0.326 e. The second-order valence-electron chi connectivity index (χ2n) is 7.53. The van der Waals surface area contributed by atoms with Crippen LogP contribution in [0.2, 0.25) is 0 Å². The van der Waals surface area contributed by atoms with Gasteiger partial charge in [0.1, 0.15) is 5.00 Å². The normalized spacial score (nSPS) is 13.3. The third-order valence-corrected chi connectivity index (χ3v) is 6.61. The minimum absolute atomic E-state index is 0.323. The van der Waals surface area contributed by atoms with E-state index in [1.807, 2.05) is 42.5 Å². The number of carbonyl (C=O) groups is 2. The highest BCUT2D eigenvalue weighted by Crippen LogP contribution is 2.41. The van der Waals surface area contributed by atoms with Crippen LogP contribution in [0.15, 0.2) is 54.6 Å². The third kappa shape index (κ3) is 5.13. The van der Waals surface area contributed by atoms with Crippen LogP contribution in [0, 0.1) is 0 Å². The fraction of sp³-hybridized carbons (Fsp3) is 0.250. The SMILES string of the molecule is CCN1CCc2c(sc(NC(=O)Nc3ccc(Cc4ccccc4)cc3)c2NC=O)C1. The van der Waals surface area contributed by atoms with Gasteiger partial charge < -0.3 is 10.6 Å². The summed E-state index contributed by atoms with van der Waals surface area (Å²) in [6.07, 6.45) is 2.38. The van der Waals surface area contributed by atoms with Gasteiger partial charge in [-0.3, -0.25) is 15.0 Å². The Morgan fingerprint density at radius 1 is 1.06 bits per heavy atom. The summed E-state index contributed by atoms with van der Waals surface area (Å²) in [7, 11) is 0.